The molecule has 0 spiro atoms. The van der Waals surface area contributed by atoms with Crippen LogP contribution in [0.2, 0.25) is 0 Å². The maximum absolute atomic E-state index is 13.8. The number of aliphatic carboxylic acids is 1. The molecule has 2 aromatic rings. The summed E-state index contributed by atoms with van der Waals surface area (Å²) in [5.74, 6) is -0.346. The van der Waals surface area contributed by atoms with E-state index < -0.39 is 5.97 Å². The summed E-state index contributed by atoms with van der Waals surface area (Å²) in [6, 6.07) is 15.1. The van der Waals surface area contributed by atoms with E-state index in [9.17, 15) is 14.4 Å². The van der Waals surface area contributed by atoms with Crippen LogP contribution >= 0.6 is 0 Å². The van der Waals surface area contributed by atoms with Crippen molar-refractivity contribution in [1.29, 1.82) is 0 Å². The average molecular weight is 463 g/mol. The van der Waals surface area contributed by atoms with Crippen molar-refractivity contribution in [2.45, 2.75) is 63.1 Å². The van der Waals surface area contributed by atoms with Crippen molar-refractivity contribution < 1.29 is 24.2 Å². The number of hydrogen-bond donors (Lipinski definition) is 1. The Morgan fingerprint density at radius 1 is 1.03 bits per heavy atom. The van der Waals surface area contributed by atoms with Crippen molar-refractivity contribution in [3.8, 4) is 5.75 Å². The molecule has 0 saturated heterocycles. The monoisotopic (exact) mass is 462 g/mol. The van der Waals surface area contributed by atoms with E-state index in [1.165, 1.54) is 0 Å². The molecule has 3 unspecified atom stereocenters. The first-order valence-electron chi connectivity index (χ1n) is 12.1. The third-order valence-corrected chi connectivity index (χ3v) is 7.40. The van der Waals surface area contributed by atoms with Gasteiger partial charge in [-0.1, -0.05) is 30.7 Å². The molecular weight excluding hydrogens is 432 g/mol. The Morgan fingerprint density at radius 2 is 1.82 bits per heavy atom. The number of nitrogens with zero attached hydrogens (tertiary/aromatic N) is 2. The Hall–Kier alpha value is -3.35. The summed E-state index contributed by atoms with van der Waals surface area (Å²) in [5, 5.41) is 9.13. The van der Waals surface area contributed by atoms with Gasteiger partial charge in [0.25, 0.3) is 5.91 Å². The highest BCUT2D eigenvalue weighted by Crippen LogP contribution is 2.52. The maximum atomic E-state index is 13.8. The molecule has 2 fully saturated rings. The minimum Gasteiger partial charge on any atom is -0.497 e. The summed E-state index contributed by atoms with van der Waals surface area (Å²) in [5.41, 5.74) is 2.41. The van der Waals surface area contributed by atoms with Crippen LogP contribution in [0.3, 0.4) is 0 Å². The number of benzene rings is 2. The number of amides is 2. The molecule has 178 valence electrons. The number of para-hydroxylation sites is 1. The SMILES string of the molecule is COc1cccc(C(=O)N2c3ccccc3C(N(C(=O)CCC(=O)O)C3CC3)C3CCCC32)c1. The number of fused-ring (bicyclic) bond motifs is 2. The number of hydrogen-bond acceptors (Lipinski definition) is 4. The van der Waals surface area contributed by atoms with Gasteiger partial charge in [-0.25, -0.2) is 0 Å². The molecular formula is C27H30N2O5. The Labute approximate surface area is 199 Å². The number of carboxylic acids is 1. The van der Waals surface area contributed by atoms with E-state index in [2.05, 4.69) is 0 Å². The molecule has 7 heteroatoms. The molecule has 1 N–H and O–H groups in total. The molecule has 0 aromatic heterocycles. The number of rotatable bonds is 7. The van der Waals surface area contributed by atoms with Crippen molar-refractivity contribution in [1.82, 2.24) is 4.90 Å². The molecule has 2 saturated carbocycles. The highest BCUT2D eigenvalue weighted by atomic mass is 16.5. The van der Waals surface area contributed by atoms with Crippen molar-refractivity contribution >= 4 is 23.5 Å². The molecule has 2 aromatic carbocycles. The molecule has 3 atom stereocenters. The van der Waals surface area contributed by atoms with Gasteiger partial charge in [-0.15, -0.1) is 0 Å². The topological polar surface area (TPSA) is 87.2 Å². The number of carbonyl (C=O) groups is 3. The largest absolute Gasteiger partial charge is 0.497 e. The highest BCUT2D eigenvalue weighted by Gasteiger charge is 2.51. The smallest absolute Gasteiger partial charge is 0.303 e. The number of ether oxygens (including phenoxy) is 1. The predicted octanol–water partition coefficient (Wildman–Crippen LogP) is 4.42. The fourth-order valence-corrected chi connectivity index (χ4v) is 5.82. The lowest BCUT2D eigenvalue weighted by Gasteiger charge is -2.48. The lowest BCUT2D eigenvalue weighted by Crippen LogP contribution is -2.52. The third kappa shape index (κ3) is 4.04. The van der Waals surface area contributed by atoms with Crippen LogP contribution in [0.25, 0.3) is 0 Å². The molecule has 2 aliphatic carbocycles. The quantitative estimate of drug-likeness (QED) is 0.658. The Kier molecular flexibility index (Phi) is 6.02. The van der Waals surface area contributed by atoms with E-state index in [-0.39, 0.29) is 48.7 Å². The van der Waals surface area contributed by atoms with Crippen LogP contribution in [0.4, 0.5) is 5.69 Å². The van der Waals surface area contributed by atoms with Gasteiger partial charge in [-0.3, -0.25) is 14.4 Å². The zero-order valence-electron chi connectivity index (χ0n) is 19.4. The van der Waals surface area contributed by atoms with Crippen LogP contribution in [0.5, 0.6) is 5.75 Å². The summed E-state index contributed by atoms with van der Waals surface area (Å²) in [6.07, 6.45) is 4.54. The standard InChI is InChI=1S/C27H30N2O5/c1-34-19-7-4-6-17(16-19)27(33)29-22-10-3-2-8-20(22)26(21-9-5-11-23(21)29)28(18-12-13-18)24(30)14-15-25(31)32/h2-4,6-8,10,16,18,21,23,26H,5,9,11-15H2,1H3,(H,31,32). The fraction of sp³-hybridized carbons (Fsp3) is 0.444. The van der Waals surface area contributed by atoms with Gasteiger partial charge >= 0.3 is 5.97 Å². The van der Waals surface area contributed by atoms with Gasteiger partial charge in [0.05, 0.1) is 19.6 Å². The highest BCUT2D eigenvalue weighted by molar-refractivity contribution is 6.07. The van der Waals surface area contributed by atoms with Crippen LogP contribution in [0.1, 0.15) is 66.9 Å². The normalized spacial score (nSPS) is 23.1. The van der Waals surface area contributed by atoms with E-state index in [1.54, 1.807) is 13.2 Å². The molecule has 34 heavy (non-hydrogen) atoms. The summed E-state index contributed by atoms with van der Waals surface area (Å²) < 4.78 is 5.34. The van der Waals surface area contributed by atoms with Crippen LogP contribution in [0, 0.1) is 5.92 Å². The summed E-state index contributed by atoms with van der Waals surface area (Å²) in [6.45, 7) is 0. The van der Waals surface area contributed by atoms with Gasteiger partial charge < -0.3 is 19.6 Å². The minimum atomic E-state index is -0.957. The Bertz CT molecular complexity index is 1110. The molecule has 0 bridgehead atoms. The van der Waals surface area contributed by atoms with Crippen molar-refractivity contribution in [2.75, 3.05) is 12.0 Å². The summed E-state index contributed by atoms with van der Waals surface area (Å²) >= 11 is 0. The molecule has 3 aliphatic rings. The first-order chi connectivity index (χ1) is 16.5. The van der Waals surface area contributed by atoms with E-state index in [0.29, 0.717) is 11.3 Å². The molecule has 1 heterocycles. The second-order valence-electron chi connectivity index (χ2n) is 9.50. The zero-order chi connectivity index (χ0) is 23.8. The minimum absolute atomic E-state index is 0.00729. The zero-order valence-corrected chi connectivity index (χ0v) is 19.4. The molecule has 1 aliphatic heterocycles. The summed E-state index contributed by atoms with van der Waals surface area (Å²) in [4.78, 5) is 42.2. The van der Waals surface area contributed by atoms with Gasteiger partial charge in [-0.05, 0) is 55.5 Å². The first kappa shape index (κ1) is 22.4. The third-order valence-electron chi connectivity index (χ3n) is 7.40. The Morgan fingerprint density at radius 3 is 2.56 bits per heavy atom. The van der Waals surface area contributed by atoms with E-state index in [4.69, 9.17) is 9.84 Å². The number of anilines is 1. The van der Waals surface area contributed by atoms with Crippen LogP contribution in [-0.2, 0) is 9.59 Å². The molecule has 7 nitrogen and oxygen atoms in total. The number of methoxy groups -OCH3 is 1. The summed E-state index contributed by atoms with van der Waals surface area (Å²) in [7, 11) is 1.59. The molecule has 5 rings (SSSR count). The van der Waals surface area contributed by atoms with Gasteiger partial charge in [0.15, 0.2) is 0 Å². The van der Waals surface area contributed by atoms with Crippen molar-refractivity contribution in [2.24, 2.45) is 5.92 Å². The number of carboxylic acid groups (broad SMARTS) is 1. The van der Waals surface area contributed by atoms with Gasteiger partial charge in [0, 0.05) is 35.7 Å². The van der Waals surface area contributed by atoms with Gasteiger partial charge in [0.1, 0.15) is 5.75 Å². The molecule has 0 radical (unpaired) electrons. The fourth-order valence-electron chi connectivity index (χ4n) is 5.82. The van der Waals surface area contributed by atoms with E-state index in [1.807, 2.05) is 52.3 Å². The average Bonchev–Trinajstić information content (AvgIpc) is 3.57. The molecule has 2 amide bonds. The van der Waals surface area contributed by atoms with Crippen LogP contribution in [0.15, 0.2) is 48.5 Å². The van der Waals surface area contributed by atoms with E-state index >= 15 is 0 Å². The second-order valence-corrected chi connectivity index (χ2v) is 9.50. The number of carbonyl (C=O) groups excluding carboxylic acids is 2. The lowest BCUT2D eigenvalue weighted by atomic mass is 9.81. The maximum Gasteiger partial charge on any atom is 0.303 e. The van der Waals surface area contributed by atoms with Crippen LogP contribution in [-0.4, -0.2) is 47.0 Å². The van der Waals surface area contributed by atoms with Crippen LogP contribution < -0.4 is 9.64 Å². The second kappa shape index (κ2) is 9.12. The Balaban J connectivity index is 1.55. The van der Waals surface area contributed by atoms with Gasteiger partial charge in [0.2, 0.25) is 5.91 Å². The van der Waals surface area contributed by atoms with E-state index in [0.717, 1.165) is 43.4 Å². The first-order valence-corrected chi connectivity index (χ1v) is 12.1. The predicted molar refractivity (Wildman–Crippen MR) is 127 cm³/mol. The van der Waals surface area contributed by atoms with Crippen molar-refractivity contribution in [3.05, 3.63) is 59.7 Å². The van der Waals surface area contributed by atoms with Gasteiger partial charge in [-0.2, -0.15) is 0 Å². The van der Waals surface area contributed by atoms with Crippen molar-refractivity contribution in [3.63, 3.8) is 0 Å². The lowest BCUT2D eigenvalue weighted by molar-refractivity contribution is -0.142.